The van der Waals surface area contributed by atoms with Gasteiger partial charge in [0.1, 0.15) is 12.4 Å². The first-order valence-corrected chi connectivity index (χ1v) is 8.09. The Morgan fingerprint density at radius 1 is 1.38 bits per heavy atom. The van der Waals surface area contributed by atoms with Crippen LogP contribution in [0.15, 0.2) is 24.5 Å². The van der Waals surface area contributed by atoms with Crippen LogP contribution in [0, 0.1) is 0 Å². The van der Waals surface area contributed by atoms with Crippen LogP contribution < -0.4 is 5.32 Å². The summed E-state index contributed by atoms with van der Waals surface area (Å²) in [6, 6.07) is 3.65. The predicted molar refractivity (Wildman–Crippen MR) is 85.9 cm³/mol. The van der Waals surface area contributed by atoms with Gasteiger partial charge in [-0.1, -0.05) is 0 Å². The molecule has 8 heteroatoms. The van der Waals surface area contributed by atoms with Gasteiger partial charge in [-0.05, 0) is 31.4 Å². The monoisotopic (exact) mass is 331 g/mol. The summed E-state index contributed by atoms with van der Waals surface area (Å²) in [4.78, 5) is 20.1. The smallest absolute Gasteiger partial charge is 0.246 e. The largest absolute Gasteiger partial charge is 0.376 e. The Hall–Kier alpha value is -2.32. The van der Waals surface area contributed by atoms with Gasteiger partial charge in [0, 0.05) is 24.6 Å². The fourth-order valence-corrected chi connectivity index (χ4v) is 2.46. The van der Waals surface area contributed by atoms with E-state index in [-0.39, 0.29) is 25.2 Å². The number of nitrogens with one attached hydrogen (secondary N) is 2. The first-order chi connectivity index (χ1) is 11.8. The third-order valence-corrected chi connectivity index (χ3v) is 3.73. The van der Waals surface area contributed by atoms with Gasteiger partial charge in [-0.25, -0.2) is 4.98 Å². The average Bonchev–Trinajstić information content (AvgIpc) is 3.11. The Kier molecular flexibility index (Phi) is 5.86. The van der Waals surface area contributed by atoms with Crippen LogP contribution in [0.1, 0.15) is 25.1 Å². The van der Waals surface area contributed by atoms with E-state index in [1.54, 1.807) is 12.4 Å². The number of carbonyl (C=O) groups is 1. The Bertz CT molecular complexity index is 640. The summed E-state index contributed by atoms with van der Waals surface area (Å²) in [7, 11) is 0. The molecule has 0 aliphatic carbocycles. The molecule has 0 aromatic carbocycles. The lowest BCUT2D eigenvalue weighted by atomic mass is 10.1. The van der Waals surface area contributed by atoms with Crippen molar-refractivity contribution in [1.29, 1.82) is 0 Å². The van der Waals surface area contributed by atoms with E-state index in [1.807, 2.05) is 12.1 Å². The molecule has 1 aliphatic rings. The number of pyridine rings is 1. The van der Waals surface area contributed by atoms with Gasteiger partial charge < -0.3 is 14.8 Å². The van der Waals surface area contributed by atoms with Crippen LogP contribution in [0.25, 0.3) is 11.4 Å². The number of amides is 1. The molecule has 2 aromatic rings. The zero-order valence-corrected chi connectivity index (χ0v) is 13.4. The fourth-order valence-electron chi connectivity index (χ4n) is 2.46. The summed E-state index contributed by atoms with van der Waals surface area (Å²) in [6.07, 6.45) is 6.74. The zero-order valence-electron chi connectivity index (χ0n) is 13.4. The van der Waals surface area contributed by atoms with E-state index in [4.69, 9.17) is 9.47 Å². The SMILES string of the molecule is O=C(COC[C@@H]1CCCCO1)NCc1nc(-c2ccncc2)n[nH]1. The summed E-state index contributed by atoms with van der Waals surface area (Å²) in [6.45, 7) is 1.54. The summed E-state index contributed by atoms with van der Waals surface area (Å²) < 4.78 is 11.0. The molecule has 3 rings (SSSR count). The highest BCUT2D eigenvalue weighted by molar-refractivity contribution is 5.77. The van der Waals surface area contributed by atoms with Gasteiger partial charge in [-0.3, -0.25) is 14.9 Å². The number of nitrogens with zero attached hydrogens (tertiary/aromatic N) is 3. The molecule has 2 N–H and O–H groups in total. The quantitative estimate of drug-likeness (QED) is 0.787. The molecule has 2 aromatic heterocycles. The summed E-state index contributed by atoms with van der Waals surface area (Å²) in [5.41, 5.74) is 0.870. The van der Waals surface area contributed by atoms with Gasteiger partial charge in [0.2, 0.25) is 5.91 Å². The van der Waals surface area contributed by atoms with E-state index in [0.29, 0.717) is 18.3 Å². The molecular formula is C16H21N5O3. The van der Waals surface area contributed by atoms with Gasteiger partial charge >= 0.3 is 0 Å². The van der Waals surface area contributed by atoms with Crippen LogP contribution in [-0.2, 0) is 20.8 Å². The Balaban J connectivity index is 1.38. The Morgan fingerprint density at radius 3 is 3.04 bits per heavy atom. The maximum Gasteiger partial charge on any atom is 0.246 e. The second-order valence-electron chi connectivity index (χ2n) is 5.62. The van der Waals surface area contributed by atoms with E-state index in [1.165, 1.54) is 0 Å². The highest BCUT2D eigenvalue weighted by Gasteiger charge is 2.14. The van der Waals surface area contributed by atoms with Crippen molar-refractivity contribution < 1.29 is 14.3 Å². The molecule has 0 unspecified atom stereocenters. The maximum absolute atomic E-state index is 11.8. The second kappa shape index (κ2) is 8.51. The van der Waals surface area contributed by atoms with E-state index in [9.17, 15) is 4.79 Å². The van der Waals surface area contributed by atoms with Crippen molar-refractivity contribution in [2.75, 3.05) is 19.8 Å². The molecule has 1 amide bonds. The van der Waals surface area contributed by atoms with Gasteiger partial charge in [-0.15, -0.1) is 0 Å². The first-order valence-electron chi connectivity index (χ1n) is 8.09. The van der Waals surface area contributed by atoms with Crippen LogP contribution >= 0.6 is 0 Å². The molecule has 1 atom stereocenters. The molecule has 24 heavy (non-hydrogen) atoms. The van der Waals surface area contributed by atoms with Crippen LogP contribution in [-0.4, -0.2) is 52.0 Å². The third-order valence-electron chi connectivity index (χ3n) is 3.73. The molecule has 0 spiro atoms. The van der Waals surface area contributed by atoms with Gasteiger partial charge in [0.15, 0.2) is 5.82 Å². The fraction of sp³-hybridized carbons (Fsp3) is 0.500. The standard InChI is InChI=1S/C16H21N5O3/c22-15(11-23-10-13-3-1-2-8-24-13)18-9-14-19-16(21-20-14)12-4-6-17-7-5-12/h4-7,13H,1-3,8-11H2,(H,18,22)(H,19,20,21)/t13-/m0/s1. The number of aromatic amines is 1. The molecule has 8 nitrogen and oxygen atoms in total. The summed E-state index contributed by atoms with van der Waals surface area (Å²) >= 11 is 0. The number of carbonyl (C=O) groups excluding carboxylic acids is 1. The van der Waals surface area contributed by atoms with Crippen molar-refractivity contribution in [2.45, 2.75) is 31.9 Å². The van der Waals surface area contributed by atoms with E-state index < -0.39 is 0 Å². The molecule has 1 aliphatic heterocycles. The molecule has 0 radical (unpaired) electrons. The Morgan fingerprint density at radius 2 is 2.25 bits per heavy atom. The highest BCUT2D eigenvalue weighted by Crippen LogP contribution is 2.13. The van der Waals surface area contributed by atoms with Crippen molar-refractivity contribution in [1.82, 2.24) is 25.5 Å². The highest BCUT2D eigenvalue weighted by atomic mass is 16.5. The number of H-pyrrole nitrogens is 1. The van der Waals surface area contributed by atoms with E-state index in [0.717, 1.165) is 31.4 Å². The van der Waals surface area contributed by atoms with Crippen molar-refractivity contribution in [3.05, 3.63) is 30.4 Å². The number of ether oxygens (including phenoxy) is 2. The van der Waals surface area contributed by atoms with Crippen LogP contribution in [0.3, 0.4) is 0 Å². The van der Waals surface area contributed by atoms with Crippen molar-refractivity contribution in [2.24, 2.45) is 0 Å². The lowest BCUT2D eigenvalue weighted by Gasteiger charge is -2.22. The lowest BCUT2D eigenvalue weighted by molar-refractivity contribution is -0.128. The topological polar surface area (TPSA) is 102 Å². The lowest BCUT2D eigenvalue weighted by Crippen LogP contribution is -2.30. The number of hydrogen-bond donors (Lipinski definition) is 2. The molecule has 3 heterocycles. The molecule has 0 bridgehead atoms. The normalized spacial score (nSPS) is 17.6. The van der Waals surface area contributed by atoms with E-state index >= 15 is 0 Å². The van der Waals surface area contributed by atoms with Gasteiger partial charge in [0.25, 0.3) is 0 Å². The van der Waals surface area contributed by atoms with Crippen molar-refractivity contribution >= 4 is 5.91 Å². The minimum absolute atomic E-state index is 0.0191. The summed E-state index contributed by atoms with van der Waals surface area (Å²) in [5.74, 6) is 0.978. The average molecular weight is 331 g/mol. The minimum Gasteiger partial charge on any atom is -0.376 e. The third kappa shape index (κ3) is 4.84. The summed E-state index contributed by atoms with van der Waals surface area (Å²) in [5, 5.41) is 9.69. The maximum atomic E-state index is 11.8. The van der Waals surface area contributed by atoms with Crippen LogP contribution in [0.4, 0.5) is 0 Å². The molecular weight excluding hydrogens is 310 g/mol. The molecule has 1 fully saturated rings. The number of hydrogen-bond acceptors (Lipinski definition) is 6. The number of rotatable bonds is 7. The first kappa shape index (κ1) is 16.5. The second-order valence-corrected chi connectivity index (χ2v) is 5.62. The number of aromatic nitrogens is 4. The molecule has 0 saturated carbocycles. The molecule has 128 valence electrons. The van der Waals surface area contributed by atoms with Crippen LogP contribution in [0.2, 0.25) is 0 Å². The van der Waals surface area contributed by atoms with E-state index in [2.05, 4.69) is 25.5 Å². The van der Waals surface area contributed by atoms with Crippen molar-refractivity contribution in [3.63, 3.8) is 0 Å². The predicted octanol–water partition coefficient (Wildman–Crippen LogP) is 1.07. The van der Waals surface area contributed by atoms with Gasteiger partial charge in [-0.2, -0.15) is 5.10 Å². The molecule has 1 saturated heterocycles. The minimum atomic E-state index is -0.187. The Labute approximate surface area is 140 Å². The van der Waals surface area contributed by atoms with Gasteiger partial charge in [0.05, 0.1) is 19.3 Å². The van der Waals surface area contributed by atoms with Crippen molar-refractivity contribution in [3.8, 4) is 11.4 Å². The van der Waals surface area contributed by atoms with Crippen LogP contribution in [0.5, 0.6) is 0 Å². The zero-order chi connectivity index (χ0) is 16.6.